The predicted octanol–water partition coefficient (Wildman–Crippen LogP) is 11.8. The highest BCUT2D eigenvalue weighted by Crippen LogP contribution is 2.40. The van der Waals surface area contributed by atoms with E-state index in [0.717, 1.165) is 17.1 Å². The first-order chi connectivity index (χ1) is 21.3. The third kappa shape index (κ3) is 5.75. The molecule has 0 fully saturated rings. The minimum absolute atomic E-state index is 1.11. The molecule has 0 saturated heterocycles. The molecule has 204 valence electrons. The normalized spacial score (nSPS) is 10.8. The van der Waals surface area contributed by atoms with Gasteiger partial charge in [0.25, 0.3) is 0 Å². The molecular formula is C42H31N. The number of rotatable bonds is 7. The summed E-state index contributed by atoms with van der Waals surface area (Å²) >= 11 is 0. The fourth-order valence-corrected chi connectivity index (χ4v) is 5.65. The molecule has 7 rings (SSSR count). The molecule has 0 spiro atoms. The molecule has 0 atom stereocenters. The van der Waals surface area contributed by atoms with Crippen molar-refractivity contribution in [2.75, 3.05) is 4.90 Å². The standard InChI is InChI=1S/C42H31N/c1-5-13-32(14-6-1)36-21-25-40(26-22-36)43(41-27-23-37(24-28-41)33-15-7-2-8-16-33)42-30-38(34-17-9-3-10-18-34)29-39(31-42)35-19-11-4-12-20-35/h1-31H. The Morgan fingerprint density at radius 2 is 0.488 bits per heavy atom. The minimum Gasteiger partial charge on any atom is -0.310 e. The summed E-state index contributed by atoms with van der Waals surface area (Å²) in [4.78, 5) is 2.36. The number of anilines is 3. The van der Waals surface area contributed by atoms with Crippen molar-refractivity contribution in [3.63, 3.8) is 0 Å². The second kappa shape index (κ2) is 12.1. The number of benzene rings is 7. The van der Waals surface area contributed by atoms with Crippen LogP contribution in [0.5, 0.6) is 0 Å². The van der Waals surface area contributed by atoms with Crippen LogP contribution in [0.1, 0.15) is 0 Å². The van der Waals surface area contributed by atoms with Crippen molar-refractivity contribution in [2.45, 2.75) is 0 Å². The Labute approximate surface area is 254 Å². The van der Waals surface area contributed by atoms with Crippen molar-refractivity contribution in [3.8, 4) is 44.5 Å². The quantitative estimate of drug-likeness (QED) is 0.191. The first-order valence-corrected chi connectivity index (χ1v) is 14.7. The molecule has 0 aliphatic heterocycles. The molecule has 0 aliphatic rings. The van der Waals surface area contributed by atoms with Crippen molar-refractivity contribution in [2.24, 2.45) is 0 Å². The second-order valence-electron chi connectivity index (χ2n) is 10.7. The van der Waals surface area contributed by atoms with Gasteiger partial charge in [-0.15, -0.1) is 0 Å². The zero-order chi connectivity index (χ0) is 28.8. The topological polar surface area (TPSA) is 3.24 Å². The average molecular weight is 550 g/mol. The number of hydrogen-bond acceptors (Lipinski definition) is 1. The van der Waals surface area contributed by atoms with Gasteiger partial charge in [0.2, 0.25) is 0 Å². The maximum absolute atomic E-state index is 2.36. The van der Waals surface area contributed by atoms with Crippen molar-refractivity contribution in [1.29, 1.82) is 0 Å². The van der Waals surface area contributed by atoms with Crippen molar-refractivity contribution < 1.29 is 0 Å². The van der Waals surface area contributed by atoms with Gasteiger partial charge in [-0.3, -0.25) is 0 Å². The lowest BCUT2D eigenvalue weighted by Crippen LogP contribution is -2.10. The van der Waals surface area contributed by atoms with Crippen LogP contribution in [0, 0.1) is 0 Å². The zero-order valence-electron chi connectivity index (χ0n) is 23.8. The Morgan fingerprint density at radius 3 is 0.814 bits per heavy atom. The van der Waals surface area contributed by atoms with Crippen LogP contribution in [0.3, 0.4) is 0 Å². The molecule has 0 amide bonds. The Kier molecular flexibility index (Phi) is 7.36. The summed E-state index contributed by atoms with van der Waals surface area (Å²) < 4.78 is 0. The van der Waals surface area contributed by atoms with E-state index < -0.39 is 0 Å². The fourth-order valence-electron chi connectivity index (χ4n) is 5.65. The maximum atomic E-state index is 2.36. The van der Waals surface area contributed by atoms with Gasteiger partial charge in [-0.25, -0.2) is 0 Å². The molecule has 0 unspecified atom stereocenters. The van der Waals surface area contributed by atoms with Crippen LogP contribution in [-0.2, 0) is 0 Å². The highest BCUT2D eigenvalue weighted by Gasteiger charge is 2.16. The molecule has 0 radical (unpaired) electrons. The molecule has 0 bridgehead atoms. The van der Waals surface area contributed by atoms with Crippen LogP contribution >= 0.6 is 0 Å². The van der Waals surface area contributed by atoms with Crippen LogP contribution in [0.15, 0.2) is 188 Å². The van der Waals surface area contributed by atoms with Gasteiger partial charge in [0.1, 0.15) is 0 Å². The van der Waals surface area contributed by atoms with Gasteiger partial charge in [0.05, 0.1) is 0 Å². The first kappa shape index (κ1) is 26.3. The molecule has 0 heterocycles. The SMILES string of the molecule is c1ccc(-c2ccc(N(c3ccc(-c4ccccc4)cc3)c3cc(-c4ccccc4)cc(-c4ccccc4)c3)cc2)cc1. The van der Waals surface area contributed by atoms with Crippen LogP contribution in [0.25, 0.3) is 44.5 Å². The fraction of sp³-hybridized carbons (Fsp3) is 0. The number of hydrogen-bond donors (Lipinski definition) is 0. The third-order valence-electron chi connectivity index (χ3n) is 7.86. The summed E-state index contributed by atoms with van der Waals surface area (Å²) in [6.45, 7) is 0. The Bertz CT molecular complexity index is 1770. The monoisotopic (exact) mass is 549 g/mol. The predicted molar refractivity (Wildman–Crippen MR) is 183 cm³/mol. The lowest BCUT2D eigenvalue weighted by molar-refractivity contribution is 1.28. The summed E-state index contributed by atoms with van der Waals surface area (Å²) in [6.07, 6.45) is 0. The van der Waals surface area contributed by atoms with Gasteiger partial charge >= 0.3 is 0 Å². The molecule has 1 heteroatoms. The molecule has 0 aromatic heterocycles. The van der Waals surface area contributed by atoms with E-state index in [2.05, 4.69) is 193 Å². The van der Waals surface area contributed by atoms with Crippen LogP contribution in [0.2, 0.25) is 0 Å². The smallest absolute Gasteiger partial charge is 0.0473 e. The summed E-state index contributed by atoms with van der Waals surface area (Å²) in [5.74, 6) is 0. The van der Waals surface area contributed by atoms with E-state index in [-0.39, 0.29) is 0 Å². The Morgan fingerprint density at radius 1 is 0.209 bits per heavy atom. The minimum atomic E-state index is 1.11. The van der Waals surface area contributed by atoms with E-state index >= 15 is 0 Å². The molecular weight excluding hydrogens is 518 g/mol. The summed E-state index contributed by atoms with van der Waals surface area (Å²) in [5.41, 5.74) is 12.9. The zero-order valence-corrected chi connectivity index (χ0v) is 23.8. The molecule has 0 saturated carbocycles. The van der Waals surface area contributed by atoms with E-state index in [4.69, 9.17) is 0 Å². The molecule has 7 aromatic carbocycles. The van der Waals surface area contributed by atoms with Gasteiger partial charge in [0, 0.05) is 17.1 Å². The van der Waals surface area contributed by atoms with E-state index in [9.17, 15) is 0 Å². The van der Waals surface area contributed by atoms with Gasteiger partial charge in [-0.2, -0.15) is 0 Å². The summed E-state index contributed by atoms with van der Waals surface area (Å²) in [6, 6.07) is 67.1. The molecule has 0 aliphatic carbocycles. The summed E-state index contributed by atoms with van der Waals surface area (Å²) in [7, 11) is 0. The lowest BCUT2D eigenvalue weighted by atomic mass is 9.97. The van der Waals surface area contributed by atoms with Gasteiger partial charge in [-0.1, -0.05) is 146 Å². The van der Waals surface area contributed by atoms with Crippen molar-refractivity contribution in [3.05, 3.63) is 188 Å². The third-order valence-corrected chi connectivity index (χ3v) is 7.86. The van der Waals surface area contributed by atoms with Crippen LogP contribution < -0.4 is 4.90 Å². The van der Waals surface area contributed by atoms with Gasteiger partial charge in [-0.05, 0) is 87.0 Å². The Hall–Kier alpha value is -5.66. The molecule has 7 aromatic rings. The molecule has 43 heavy (non-hydrogen) atoms. The number of nitrogens with zero attached hydrogens (tertiary/aromatic N) is 1. The Balaban J connectivity index is 1.39. The van der Waals surface area contributed by atoms with Crippen LogP contribution in [-0.4, -0.2) is 0 Å². The average Bonchev–Trinajstić information content (AvgIpc) is 3.10. The lowest BCUT2D eigenvalue weighted by Gasteiger charge is -2.27. The van der Waals surface area contributed by atoms with E-state index in [1.54, 1.807) is 0 Å². The van der Waals surface area contributed by atoms with E-state index in [1.165, 1.54) is 44.5 Å². The van der Waals surface area contributed by atoms with Gasteiger partial charge in [0.15, 0.2) is 0 Å². The largest absolute Gasteiger partial charge is 0.310 e. The van der Waals surface area contributed by atoms with E-state index in [1.807, 2.05) is 0 Å². The van der Waals surface area contributed by atoms with Crippen LogP contribution in [0.4, 0.5) is 17.1 Å². The molecule has 1 nitrogen and oxygen atoms in total. The molecule has 0 N–H and O–H groups in total. The maximum Gasteiger partial charge on any atom is 0.0473 e. The highest BCUT2D eigenvalue weighted by molar-refractivity contribution is 5.86. The highest BCUT2D eigenvalue weighted by atomic mass is 15.1. The first-order valence-electron chi connectivity index (χ1n) is 14.7. The van der Waals surface area contributed by atoms with Crippen molar-refractivity contribution in [1.82, 2.24) is 0 Å². The summed E-state index contributed by atoms with van der Waals surface area (Å²) in [5, 5.41) is 0. The van der Waals surface area contributed by atoms with Gasteiger partial charge < -0.3 is 4.90 Å². The second-order valence-corrected chi connectivity index (χ2v) is 10.7. The van der Waals surface area contributed by atoms with Crippen molar-refractivity contribution >= 4 is 17.1 Å². The van der Waals surface area contributed by atoms with E-state index in [0.29, 0.717) is 0 Å².